The van der Waals surface area contributed by atoms with Gasteiger partial charge in [-0.15, -0.1) is 18.3 Å². The Morgan fingerprint density at radius 1 is 1.29 bits per heavy atom. The fourth-order valence-corrected chi connectivity index (χ4v) is 8.47. The van der Waals surface area contributed by atoms with Crippen LogP contribution in [0.1, 0.15) is 59.8 Å². The molecular formula is C28H39NO4S. The van der Waals surface area contributed by atoms with Crippen molar-refractivity contribution < 1.29 is 19.4 Å². The highest BCUT2D eigenvalue weighted by Gasteiger charge is 2.70. The minimum absolute atomic E-state index is 0.0984. The van der Waals surface area contributed by atoms with Crippen molar-refractivity contribution in [1.82, 2.24) is 0 Å². The van der Waals surface area contributed by atoms with Gasteiger partial charge in [-0.2, -0.15) is 0 Å². The van der Waals surface area contributed by atoms with Crippen LogP contribution in [0, 0.1) is 34.0 Å². The topological polar surface area (TPSA) is 89.6 Å². The van der Waals surface area contributed by atoms with E-state index in [1.807, 2.05) is 31.2 Å². The van der Waals surface area contributed by atoms with Crippen molar-refractivity contribution in [3.8, 4) is 0 Å². The molecule has 0 radical (unpaired) electrons. The van der Waals surface area contributed by atoms with E-state index in [2.05, 4.69) is 27.4 Å². The number of hydrogen-bond acceptors (Lipinski definition) is 6. The number of thioether (sulfide) groups is 1. The summed E-state index contributed by atoms with van der Waals surface area (Å²) in [4.78, 5) is 27.7. The normalized spacial score (nSPS) is 41.8. The molecule has 3 aliphatic carbocycles. The van der Waals surface area contributed by atoms with Gasteiger partial charge in [0.25, 0.3) is 0 Å². The molecule has 3 saturated carbocycles. The monoisotopic (exact) mass is 485 g/mol. The van der Waals surface area contributed by atoms with Gasteiger partial charge in [0.05, 0.1) is 11.9 Å². The summed E-state index contributed by atoms with van der Waals surface area (Å²) in [6.07, 6.45) is 4.58. The van der Waals surface area contributed by atoms with E-state index in [1.165, 1.54) is 11.8 Å². The number of aliphatic hydroxyl groups excluding tert-OH is 1. The molecule has 186 valence electrons. The molecule has 4 rings (SSSR count). The zero-order chi connectivity index (χ0) is 24.9. The highest BCUT2D eigenvalue weighted by molar-refractivity contribution is 8.00. The molecule has 3 fully saturated rings. The number of para-hydroxylation sites is 1. The molecule has 7 unspecified atom stereocenters. The maximum Gasteiger partial charge on any atom is 0.316 e. The summed E-state index contributed by atoms with van der Waals surface area (Å²) >= 11 is 1.35. The van der Waals surface area contributed by atoms with Crippen molar-refractivity contribution in [3.05, 3.63) is 36.9 Å². The lowest BCUT2D eigenvalue weighted by molar-refractivity contribution is -0.192. The van der Waals surface area contributed by atoms with Crippen LogP contribution in [0.15, 0.2) is 41.8 Å². The molecule has 1 aromatic carbocycles. The molecule has 3 N–H and O–H groups in total. The van der Waals surface area contributed by atoms with Gasteiger partial charge in [0.15, 0.2) is 0 Å². The van der Waals surface area contributed by atoms with Crippen LogP contribution in [0.25, 0.3) is 0 Å². The molecule has 0 amide bonds. The first-order chi connectivity index (χ1) is 16.0. The zero-order valence-electron chi connectivity index (χ0n) is 20.9. The van der Waals surface area contributed by atoms with Crippen LogP contribution in [0.2, 0.25) is 0 Å². The average molecular weight is 486 g/mol. The van der Waals surface area contributed by atoms with E-state index in [-0.39, 0.29) is 40.7 Å². The van der Waals surface area contributed by atoms with Gasteiger partial charge < -0.3 is 15.6 Å². The van der Waals surface area contributed by atoms with E-state index in [4.69, 9.17) is 10.5 Å². The number of ether oxygens (including phenoxy) is 1. The molecule has 0 aliphatic heterocycles. The third kappa shape index (κ3) is 3.63. The Hall–Kier alpha value is -1.79. The Morgan fingerprint density at radius 3 is 2.68 bits per heavy atom. The van der Waals surface area contributed by atoms with Gasteiger partial charge in [-0.25, -0.2) is 0 Å². The summed E-state index contributed by atoms with van der Waals surface area (Å²) < 4.78 is 6.33. The van der Waals surface area contributed by atoms with Gasteiger partial charge in [0.2, 0.25) is 0 Å². The Bertz CT molecular complexity index is 981. The van der Waals surface area contributed by atoms with Crippen LogP contribution in [0.4, 0.5) is 5.69 Å². The Morgan fingerprint density at radius 2 is 2.00 bits per heavy atom. The quantitative estimate of drug-likeness (QED) is 0.256. The number of hydrogen-bond donors (Lipinski definition) is 2. The molecule has 1 aromatic rings. The van der Waals surface area contributed by atoms with Crippen LogP contribution in [-0.4, -0.2) is 34.8 Å². The number of carbonyl (C=O) groups excluding carboxylic acids is 2. The number of benzene rings is 1. The van der Waals surface area contributed by atoms with Crippen molar-refractivity contribution in [1.29, 1.82) is 0 Å². The summed E-state index contributed by atoms with van der Waals surface area (Å²) in [6.45, 7) is 12.4. The SMILES string of the molecule is C=CC1(C)C(OC(=O)CSc2ccccc2N)C2(C)C(C)CCC3(CCCC(=O)C32)C(C)[C@@H]1O. The number of rotatable bonds is 5. The average Bonchev–Trinajstić information content (AvgIpc) is 2.85. The van der Waals surface area contributed by atoms with E-state index in [0.717, 1.165) is 30.6 Å². The van der Waals surface area contributed by atoms with Crippen molar-refractivity contribution >= 4 is 29.2 Å². The predicted octanol–water partition coefficient (Wildman–Crippen LogP) is 5.27. The molecule has 2 bridgehead atoms. The second kappa shape index (κ2) is 9.02. The van der Waals surface area contributed by atoms with E-state index in [0.29, 0.717) is 12.1 Å². The lowest BCUT2D eigenvalue weighted by atomic mass is 9.44. The molecule has 8 atom stereocenters. The van der Waals surface area contributed by atoms with Crippen molar-refractivity contribution in [3.63, 3.8) is 0 Å². The second-order valence-electron chi connectivity index (χ2n) is 11.3. The first kappa shape index (κ1) is 25.3. The summed E-state index contributed by atoms with van der Waals surface area (Å²) in [5.41, 5.74) is 4.94. The number of carbonyl (C=O) groups is 2. The predicted molar refractivity (Wildman–Crippen MR) is 136 cm³/mol. The number of esters is 1. The van der Waals surface area contributed by atoms with E-state index in [1.54, 1.807) is 6.08 Å². The summed E-state index contributed by atoms with van der Waals surface area (Å²) in [5.74, 6) is -0.156. The van der Waals surface area contributed by atoms with Crippen LogP contribution >= 0.6 is 11.8 Å². The largest absolute Gasteiger partial charge is 0.460 e. The van der Waals surface area contributed by atoms with Crippen LogP contribution < -0.4 is 5.73 Å². The van der Waals surface area contributed by atoms with E-state index < -0.39 is 23.0 Å². The Balaban J connectivity index is 1.74. The number of ketones is 1. The Labute approximate surface area is 207 Å². The highest BCUT2D eigenvalue weighted by Crippen LogP contribution is 2.69. The van der Waals surface area contributed by atoms with Gasteiger partial charge in [0, 0.05) is 33.8 Å². The third-order valence-corrected chi connectivity index (χ3v) is 10.9. The first-order valence-electron chi connectivity index (χ1n) is 12.5. The molecule has 0 spiro atoms. The second-order valence-corrected chi connectivity index (χ2v) is 12.3. The highest BCUT2D eigenvalue weighted by atomic mass is 32.2. The Kier molecular flexibility index (Phi) is 6.71. The molecule has 0 aromatic heterocycles. The van der Waals surface area contributed by atoms with Gasteiger partial charge in [0.1, 0.15) is 11.9 Å². The molecule has 34 heavy (non-hydrogen) atoms. The smallest absolute Gasteiger partial charge is 0.316 e. The number of nitrogens with two attached hydrogens (primary N) is 1. The van der Waals surface area contributed by atoms with E-state index >= 15 is 0 Å². The third-order valence-electron chi connectivity index (χ3n) is 9.79. The van der Waals surface area contributed by atoms with Crippen LogP contribution in [-0.2, 0) is 14.3 Å². The molecule has 6 heteroatoms. The van der Waals surface area contributed by atoms with Crippen molar-refractivity contribution in [2.75, 3.05) is 11.5 Å². The van der Waals surface area contributed by atoms with Gasteiger partial charge in [-0.05, 0) is 55.1 Å². The van der Waals surface area contributed by atoms with Crippen molar-refractivity contribution in [2.24, 2.45) is 34.0 Å². The van der Waals surface area contributed by atoms with Crippen LogP contribution in [0.5, 0.6) is 0 Å². The molecule has 5 nitrogen and oxygen atoms in total. The minimum atomic E-state index is -0.872. The first-order valence-corrected chi connectivity index (χ1v) is 13.5. The zero-order valence-corrected chi connectivity index (χ0v) is 21.7. The van der Waals surface area contributed by atoms with Crippen molar-refractivity contribution in [2.45, 2.75) is 76.9 Å². The molecule has 0 heterocycles. The molecular weight excluding hydrogens is 446 g/mol. The lowest BCUT2D eigenvalue weighted by Crippen LogP contribution is -2.61. The number of Topliss-reactive ketones (excluding diaryl/α,β-unsaturated/α-hetero) is 1. The molecule has 3 aliphatic rings. The fourth-order valence-electron chi connectivity index (χ4n) is 7.72. The van der Waals surface area contributed by atoms with Gasteiger partial charge in [-0.1, -0.05) is 45.9 Å². The van der Waals surface area contributed by atoms with Gasteiger partial charge in [-0.3, -0.25) is 9.59 Å². The van der Waals surface area contributed by atoms with Crippen LogP contribution in [0.3, 0.4) is 0 Å². The fraction of sp³-hybridized carbons (Fsp3) is 0.643. The number of nitrogen functional groups attached to an aromatic ring is 1. The van der Waals surface area contributed by atoms with E-state index in [9.17, 15) is 14.7 Å². The number of anilines is 1. The molecule has 0 saturated heterocycles. The summed E-state index contributed by atoms with van der Waals surface area (Å²) in [7, 11) is 0. The van der Waals surface area contributed by atoms with Gasteiger partial charge >= 0.3 is 5.97 Å². The summed E-state index contributed by atoms with van der Waals surface area (Å²) in [5, 5.41) is 11.8. The minimum Gasteiger partial charge on any atom is -0.460 e. The summed E-state index contributed by atoms with van der Waals surface area (Å²) in [6, 6.07) is 7.45. The maximum atomic E-state index is 13.6. The lowest BCUT2D eigenvalue weighted by Gasteiger charge is -2.60. The number of aliphatic hydroxyl groups is 1. The standard InChI is InChI=1S/C28H39NO4S/c1-6-26(4)24(32)18(3)28-14-9-11-20(30)23(28)27(5,17(2)13-15-28)25(26)33-22(31)16-34-21-12-8-7-10-19(21)29/h6-8,10,12,17-18,23-25,32H,1,9,11,13-16,29H2,2-5H3/t17?,18?,23?,24-,25?,26?,27?,28?/m0/s1. The maximum absolute atomic E-state index is 13.6.